The first kappa shape index (κ1) is 12.3. The Morgan fingerprint density at radius 2 is 2.24 bits per heavy atom. The van der Waals surface area contributed by atoms with E-state index in [4.69, 9.17) is 4.74 Å². The Labute approximate surface area is 103 Å². The minimum atomic E-state index is 0.265. The lowest BCUT2D eigenvalue weighted by molar-refractivity contribution is 0.0922. The largest absolute Gasteiger partial charge is 0.378 e. The number of carbonyl (C=O) groups excluding carboxylic acids is 1. The summed E-state index contributed by atoms with van der Waals surface area (Å²) in [6.45, 7) is 2.89. The van der Waals surface area contributed by atoms with Crippen molar-refractivity contribution in [1.29, 1.82) is 0 Å². The van der Waals surface area contributed by atoms with Gasteiger partial charge in [0.05, 0.1) is 6.10 Å². The van der Waals surface area contributed by atoms with Crippen LogP contribution in [0.4, 0.5) is 0 Å². The number of hydrogen-bond acceptors (Lipinski definition) is 2. The van der Waals surface area contributed by atoms with Crippen LogP contribution in [0.15, 0.2) is 24.3 Å². The van der Waals surface area contributed by atoms with Gasteiger partial charge in [-0.25, -0.2) is 0 Å². The lowest BCUT2D eigenvalue weighted by Gasteiger charge is -2.09. The van der Waals surface area contributed by atoms with Crippen molar-refractivity contribution in [2.24, 2.45) is 0 Å². The molecule has 1 aliphatic heterocycles. The monoisotopic (exact) mass is 232 g/mol. The van der Waals surface area contributed by atoms with E-state index in [1.54, 1.807) is 0 Å². The van der Waals surface area contributed by atoms with Gasteiger partial charge in [0, 0.05) is 18.6 Å². The van der Waals surface area contributed by atoms with Crippen molar-refractivity contribution >= 4 is 5.78 Å². The zero-order valence-corrected chi connectivity index (χ0v) is 10.4. The number of hydrogen-bond donors (Lipinski definition) is 0. The summed E-state index contributed by atoms with van der Waals surface area (Å²) in [6, 6.07) is 7.82. The minimum Gasteiger partial charge on any atom is -0.378 e. The molecule has 0 bridgehead atoms. The molecule has 0 saturated carbocycles. The summed E-state index contributed by atoms with van der Waals surface area (Å²) in [5.74, 6) is 0.265. The standard InChI is InChI=1S/C15H20O2/c1-12-6-2-3-9-14(12)15(16)10-4-7-13-8-5-11-17-13/h2-3,6,9,13H,4-5,7-8,10-11H2,1H3. The van der Waals surface area contributed by atoms with Gasteiger partial charge in [-0.2, -0.15) is 0 Å². The van der Waals surface area contributed by atoms with Crippen LogP contribution >= 0.6 is 0 Å². The quantitative estimate of drug-likeness (QED) is 0.726. The average molecular weight is 232 g/mol. The molecule has 1 heterocycles. The smallest absolute Gasteiger partial charge is 0.163 e. The summed E-state index contributed by atoms with van der Waals surface area (Å²) >= 11 is 0. The molecule has 92 valence electrons. The zero-order valence-electron chi connectivity index (χ0n) is 10.4. The highest BCUT2D eigenvalue weighted by atomic mass is 16.5. The van der Waals surface area contributed by atoms with Gasteiger partial charge in [0.1, 0.15) is 0 Å². The predicted octanol–water partition coefficient (Wildman–Crippen LogP) is 3.53. The van der Waals surface area contributed by atoms with Gasteiger partial charge in [-0.15, -0.1) is 0 Å². The Hall–Kier alpha value is -1.15. The Balaban J connectivity index is 1.79. The Morgan fingerprint density at radius 1 is 1.41 bits per heavy atom. The first-order chi connectivity index (χ1) is 8.27. The molecule has 0 aromatic heterocycles. The third-order valence-corrected chi connectivity index (χ3v) is 3.40. The van der Waals surface area contributed by atoms with Crippen LogP contribution in [-0.2, 0) is 4.74 Å². The number of carbonyl (C=O) groups is 1. The van der Waals surface area contributed by atoms with Gasteiger partial charge in [-0.05, 0) is 38.2 Å². The molecule has 1 aliphatic rings. The van der Waals surface area contributed by atoms with Crippen LogP contribution < -0.4 is 0 Å². The minimum absolute atomic E-state index is 0.265. The van der Waals surface area contributed by atoms with Gasteiger partial charge in [0.25, 0.3) is 0 Å². The van der Waals surface area contributed by atoms with Crippen LogP contribution in [0.3, 0.4) is 0 Å². The zero-order chi connectivity index (χ0) is 12.1. The molecular formula is C15H20O2. The number of Topliss-reactive ketones (excluding diaryl/α,β-unsaturated/α-hetero) is 1. The van der Waals surface area contributed by atoms with Crippen molar-refractivity contribution in [2.75, 3.05) is 6.61 Å². The molecule has 2 nitrogen and oxygen atoms in total. The highest BCUT2D eigenvalue weighted by Gasteiger charge is 2.16. The molecule has 2 heteroatoms. The van der Waals surface area contributed by atoms with E-state index in [1.165, 1.54) is 12.8 Å². The van der Waals surface area contributed by atoms with Crippen molar-refractivity contribution in [2.45, 2.75) is 45.1 Å². The van der Waals surface area contributed by atoms with Crippen molar-refractivity contribution in [3.8, 4) is 0 Å². The average Bonchev–Trinajstić information content (AvgIpc) is 2.82. The third kappa shape index (κ3) is 3.40. The first-order valence-electron chi connectivity index (χ1n) is 6.48. The fourth-order valence-electron chi connectivity index (χ4n) is 2.38. The summed E-state index contributed by atoms with van der Waals surface area (Å²) in [5.41, 5.74) is 1.95. The van der Waals surface area contributed by atoms with Crippen LogP contribution in [0, 0.1) is 6.92 Å². The van der Waals surface area contributed by atoms with E-state index >= 15 is 0 Å². The molecule has 1 aromatic rings. The van der Waals surface area contributed by atoms with E-state index in [0.29, 0.717) is 12.5 Å². The maximum absolute atomic E-state index is 12.0. The van der Waals surface area contributed by atoms with Crippen molar-refractivity contribution in [3.63, 3.8) is 0 Å². The van der Waals surface area contributed by atoms with Crippen LogP contribution in [0.25, 0.3) is 0 Å². The van der Waals surface area contributed by atoms with Gasteiger partial charge in [0.15, 0.2) is 5.78 Å². The number of ketones is 1. The van der Waals surface area contributed by atoms with Gasteiger partial charge in [-0.3, -0.25) is 4.79 Å². The predicted molar refractivity (Wildman–Crippen MR) is 68.3 cm³/mol. The summed E-state index contributed by atoms with van der Waals surface area (Å²) in [6.07, 6.45) is 5.36. The second kappa shape index (κ2) is 5.97. The maximum Gasteiger partial charge on any atom is 0.163 e. The fourth-order valence-corrected chi connectivity index (χ4v) is 2.38. The number of aryl methyl sites for hydroxylation is 1. The molecular weight excluding hydrogens is 212 g/mol. The lowest BCUT2D eigenvalue weighted by atomic mass is 10.00. The van der Waals surface area contributed by atoms with Gasteiger partial charge in [-0.1, -0.05) is 24.3 Å². The Morgan fingerprint density at radius 3 is 2.94 bits per heavy atom. The van der Waals surface area contributed by atoms with Gasteiger partial charge < -0.3 is 4.74 Å². The summed E-state index contributed by atoms with van der Waals surface area (Å²) in [7, 11) is 0. The maximum atomic E-state index is 12.0. The first-order valence-corrected chi connectivity index (χ1v) is 6.48. The molecule has 1 aromatic carbocycles. The van der Waals surface area contributed by atoms with E-state index in [2.05, 4.69) is 0 Å². The Kier molecular flexibility index (Phi) is 4.32. The molecule has 1 unspecified atom stereocenters. The van der Waals surface area contributed by atoms with Crippen LogP contribution in [0.5, 0.6) is 0 Å². The fraction of sp³-hybridized carbons (Fsp3) is 0.533. The molecule has 0 aliphatic carbocycles. The molecule has 2 rings (SSSR count). The topological polar surface area (TPSA) is 26.3 Å². The summed E-state index contributed by atoms with van der Waals surface area (Å²) < 4.78 is 5.55. The molecule has 0 spiro atoms. The lowest BCUT2D eigenvalue weighted by Crippen LogP contribution is -2.07. The van der Waals surface area contributed by atoms with E-state index in [1.807, 2.05) is 31.2 Å². The molecule has 0 radical (unpaired) electrons. The van der Waals surface area contributed by atoms with Crippen molar-refractivity contribution < 1.29 is 9.53 Å². The van der Waals surface area contributed by atoms with Crippen LogP contribution in [0.1, 0.15) is 48.0 Å². The molecule has 1 saturated heterocycles. The summed E-state index contributed by atoms with van der Waals surface area (Å²) in [4.78, 5) is 12.0. The summed E-state index contributed by atoms with van der Waals surface area (Å²) in [5, 5.41) is 0. The van der Waals surface area contributed by atoms with Gasteiger partial charge in [0.2, 0.25) is 0 Å². The molecule has 1 atom stereocenters. The number of benzene rings is 1. The highest BCUT2D eigenvalue weighted by molar-refractivity contribution is 5.97. The third-order valence-electron chi connectivity index (χ3n) is 3.40. The molecule has 17 heavy (non-hydrogen) atoms. The number of ether oxygens (including phenoxy) is 1. The van der Waals surface area contributed by atoms with E-state index in [9.17, 15) is 4.79 Å². The second-order valence-electron chi connectivity index (χ2n) is 4.77. The normalized spacial score (nSPS) is 19.5. The SMILES string of the molecule is Cc1ccccc1C(=O)CCCC1CCCO1. The van der Waals surface area contributed by atoms with Crippen LogP contribution in [-0.4, -0.2) is 18.5 Å². The van der Waals surface area contributed by atoms with E-state index in [-0.39, 0.29) is 5.78 Å². The highest BCUT2D eigenvalue weighted by Crippen LogP contribution is 2.19. The molecule has 1 fully saturated rings. The van der Waals surface area contributed by atoms with Crippen LogP contribution in [0.2, 0.25) is 0 Å². The Bertz CT molecular complexity index is 378. The molecule has 0 N–H and O–H groups in total. The number of rotatable bonds is 5. The van der Waals surface area contributed by atoms with Crippen molar-refractivity contribution in [3.05, 3.63) is 35.4 Å². The molecule has 0 amide bonds. The van der Waals surface area contributed by atoms with Gasteiger partial charge >= 0.3 is 0 Å². The second-order valence-corrected chi connectivity index (χ2v) is 4.77. The van der Waals surface area contributed by atoms with Crippen molar-refractivity contribution in [1.82, 2.24) is 0 Å². The van der Waals surface area contributed by atoms with E-state index < -0.39 is 0 Å². The van der Waals surface area contributed by atoms with E-state index in [0.717, 1.165) is 30.6 Å².